The van der Waals surface area contributed by atoms with Gasteiger partial charge in [-0.1, -0.05) is 11.6 Å². The van der Waals surface area contributed by atoms with Gasteiger partial charge in [0.2, 0.25) is 5.95 Å². The maximum atomic E-state index is 6.34. The number of rotatable bonds is 3. The first-order valence-corrected chi connectivity index (χ1v) is 8.14. The van der Waals surface area contributed by atoms with Crippen LogP contribution in [-0.2, 0) is 7.05 Å². The molecule has 0 aliphatic carbocycles. The van der Waals surface area contributed by atoms with Crippen molar-refractivity contribution in [2.45, 2.75) is 19.3 Å². The van der Waals surface area contributed by atoms with Gasteiger partial charge in [-0.2, -0.15) is 15.1 Å². The largest absolute Gasteiger partial charge is 0.356 e. The second kappa shape index (κ2) is 5.73. The van der Waals surface area contributed by atoms with Crippen molar-refractivity contribution in [2.75, 3.05) is 23.3 Å². The maximum Gasteiger partial charge on any atom is 0.231 e. The lowest BCUT2D eigenvalue weighted by Gasteiger charge is -2.28. The quantitative estimate of drug-likeness (QED) is 0.771. The van der Waals surface area contributed by atoms with Gasteiger partial charge in [0, 0.05) is 32.5 Å². The molecule has 1 fully saturated rings. The van der Waals surface area contributed by atoms with Gasteiger partial charge in [-0.15, -0.1) is 0 Å². The van der Waals surface area contributed by atoms with E-state index in [4.69, 9.17) is 16.6 Å². The first-order chi connectivity index (χ1) is 11.2. The van der Waals surface area contributed by atoms with Crippen LogP contribution in [0.4, 0.5) is 17.5 Å². The van der Waals surface area contributed by atoms with Crippen molar-refractivity contribution in [1.82, 2.24) is 24.7 Å². The second-order valence-corrected chi connectivity index (χ2v) is 6.21. The SMILES string of the molecule is Cn1cc(Nc2nc(N3CCCCC3)c3c(Cl)c[nH]c3n2)cn1. The Balaban J connectivity index is 1.77. The third-order valence-electron chi connectivity index (χ3n) is 4.08. The molecule has 0 saturated carbocycles. The molecule has 2 N–H and O–H groups in total. The molecule has 1 aliphatic rings. The van der Waals surface area contributed by atoms with E-state index in [0.29, 0.717) is 11.0 Å². The van der Waals surface area contributed by atoms with Crippen LogP contribution >= 0.6 is 11.6 Å². The van der Waals surface area contributed by atoms with Crippen LogP contribution < -0.4 is 10.2 Å². The van der Waals surface area contributed by atoms with Gasteiger partial charge in [0.1, 0.15) is 11.5 Å². The van der Waals surface area contributed by atoms with E-state index in [2.05, 4.69) is 25.3 Å². The number of aryl methyl sites for hydroxylation is 1. The molecule has 7 nitrogen and oxygen atoms in total. The molecule has 120 valence electrons. The molecule has 0 unspecified atom stereocenters. The standard InChI is InChI=1S/C15H18ClN7/c1-22-9-10(7-18-22)19-15-20-13-12(11(16)8-17-13)14(21-15)23-5-3-2-4-6-23/h7-9H,2-6H2,1H3,(H2,17,19,20,21). The van der Waals surface area contributed by atoms with E-state index in [1.165, 1.54) is 19.3 Å². The van der Waals surface area contributed by atoms with Crippen LogP contribution in [0.3, 0.4) is 0 Å². The Kier molecular flexibility index (Phi) is 3.57. The predicted octanol–water partition coefficient (Wildman–Crippen LogP) is 3.08. The van der Waals surface area contributed by atoms with Crippen molar-refractivity contribution in [3.05, 3.63) is 23.6 Å². The summed E-state index contributed by atoms with van der Waals surface area (Å²) in [5, 5.41) is 8.92. The molecule has 3 aromatic rings. The van der Waals surface area contributed by atoms with Crippen molar-refractivity contribution in [3.63, 3.8) is 0 Å². The molecule has 1 aliphatic heterocycles. The highest BCUT2D eigenvalue weighted by Crippen LogP contribution is 2.33. The molecule has 0 bridgehead atoms. The van der Waals surface area contributed by atoms with Gasteiger partial charge in [0.15, 0.2) is 0 Å². The number of aromatic nitrogens is 5. The molecule has 8 heteroatoms. The zero-order valence-corrected chi connectivity index (χ0v) is 13.6. The van der Waals surface area contributed by atoms with Crippen LogP contribution in [0.5, 0.6) is 0 Å². The Hall–Kier alpha value is -2.28. The Morgan fingerprint density at radius 3 is 2.78 bits per heavy atom. The fourth-order valence-corrected chi connectivity index (χ4v) is 3.21. The number of anilines is 3. The minimum atomic E-state index is 0.546. The minimum absolute atomic E-state index is 0.546. The van der Waals surface area contributed by atoms with Crippen molar-refractivity contribution in [1.29, 1.82) is 0 Å². The third-order valence-corrected chi connectivity index (χ3v) is 4.38. The average molecular weight is 332 g/mol. The molecule has 3 aromatic heterocycles. The molecule has 23 heavy (non-hydrogen) atoms. The van der Waals surface area contributed by atoms with E-state index >= 15 is 0 Å². The van der Waals surface area contributed by atoms with E-state index in [0.717, 1.165) is 35.6 Å². The number of aromatic amines is 1. The summed E-state index contributed by atoms with van der Waals surface area (Å²) in [5.74, 6) is 1.44. The summed E-state index contributed by atoms with van der Waals surface area (Å²) >= 11 is 6.34. The molecule has 4 rings (SSSR count). The van der Waals surface area contributed by atoms with E-state index in [1.54, 1.807) is 17.1 Å². The number of hydrogen-bond donors (Lipinski definition) is 2. The highest BCUT2D eigenvalue weighted by atomic mass is 35.5. The molecule has 0 radical (unpaired) electrons. The van der Waals surface area contributed by atoms with E-state index in [9.17, 15) is 0 Å². The minimum Gasteiger partial charge on any atom is -0.356 e. The fraction of sp³-hybridized carbons (Fsp3) is 0.400. The van der Waals surface area contributed by atoms with Gasteiger partial charge in [-0.3, -0.25) is 4.68 Å². The number of nitrogens with zero attached hydrogens (tertiary/aromatic N) is 5. The Bertz CT molecular complexity index is 832. The lowest BCUT2D eigenvalue weighted by molar-refractivity contribution is 0.575. The van der Waals surface area contributed by atoms with Crippen LogP contribution in [0, 0.1) is 0 Å². The zero-order chi connectivity index (χ0) is 15.8. The van der Waals surface area contributed by atoms with Crippen molar-refractivity contribution >= 4 is 40.1 Å². The number of piperidine rings is 1. The van der Waals surface area contributed by atoms with Crippen molar-refractivity contribution < 1.29 is 0 Å². The number of halogens is 1. The van der Waals surface area contributed by atoms with Gasteiger partial charge in [-0.25, -0.2) is 0 Å². The molecule has 0 amide bonds. The van der Waals surface area contributed by atoms with Gasteiger partial charge in [0.25, 0.3) is 0 Å². The highest BCUT2D eigenvalue weighted by molar-refractivity contribution is 6.36. The Labute approximate surface area is 138 Å². The molecule has 0 atom stereocenters. The molecular weight excluding hydrogens is 314 g/mol. The third kappa shape index (κ3) is 2.72. The van der Waals surface area contributed by atoms with Crippen LogP contribution in [0.15, 0.2) is 18.6 Å². The fourth-order valence-electron chi connectivity index (χ4n) is 2.98. The van der Waals surface area contributed by atoms with E-state index in [1.807, 2.05) is 13.2 Å². The van der Waals surface area contributed by atoms with Gasteiger partial charge >= 0.3 is 0 Å². The summed E-state index contributed by atoms with van der Waals surface area (Å²) in [7, 11) is 1.87. The number of hydrogen-bond acceptors (Lipinski definition) is 5. The second-order valence-electron chi connectivity index (χ2n) is 5.81. The van der Waals surface area contributed by atoms with Crippen molar-refractivity contribution in [2.24, 2.45) is 7.05 Å². The van der Waals surface area contributed by atoms with Crippen molar-refractivity contribution in [3.8, 4) is 0 Å². The van der Waals surface area contributed by atoms with Crippen LogP contribution in [0.25, 0.3) is 11.0 Å². The number of nitrogens with one attached hydrogen (secondary N) is 2. The highest BCUT2D eigenvalue weighted by Gasteiger charge is 2.20. The first kappa shape index (κ1) is 14.3. The Morgan fingerprint density at radius 2 is 2.04 bits per heavy atom. The summed E-state index contributed by atoms with van der Waals surface area (Å²) in [6, 6.07) is 0. The van der Waals surface area contributed by atoms with Crippen LogP contribution in [0.2, 0.25) is 5.02 Å². The van der Waals surface area contributed by atoms with E-state index < -0.39 is 0 Å². The van der Waals surface area contributed by atoms with Crippen LogP contribution in [0.1, 0.15) is 19.3 Å². The number of fused-ring (bicyclic) bond motifs is 1. The van der Waals surface area contributed by atoms with Gasteiger partial charge in [0.05, 0.1) is 22.3 Å². The summed E-state index contributed by atoms with van der Waals surface area (Å²) in [4.78, 5) is 14.7. The normalized spacial score (nSPS) is 15.3. The average Bonchev–Trinajstić information content (AvgIpc) is 3.14. The maximum absolute atomic E-state index is 6.34. The number of H-pyrrole nitrogens is 1. The zero-order valence-electron chi connectivity index (χ0n) is 12.9. The van der Waals surface area contributed by atoms with Gasteiger partial charge in [-0.05, 0) is 19.3 Å². The summed E-state index contributed by atoms with van der Waals surface area (Å²) in [5.41, 5.74) is 1.60. The smallest absolute Gasteiger partial charge is 0.231 e. The van der Waals surface area contributed by atoms with Crippen LogP contribution in [-0.4, -0.2) is 37.8 Å². The molecule has 0 spiro atoms. The monoisotopic (exact) mass is 331 g/mol. The lowest BCUT2D eigenvalue weighted by atomic mass is 10.1. The molecule has 4 heterocycles. The van der Waals surface area contributed by atoms with E-state index in [-0.39, 0.29) is 0 Å². The summed E-state index contributed by atoms with van der Waals surface area (Å²) < 4.78 is 1.73. The lowest BCUT2D eigenvalue weighted by Crippen LogP contribution is -2.30. The Morgan fingerprint density at radius 1 is 1.22 bits per heavy atom. The molecule has 0 aromatic carbocycles. The molecule has 1 saturated heterocycles. The van der Waals surface area contributed by atoms with Gasteiger partial charge < -0.3 is 15.2 Å². The predicted molar refractivity (Wildman–Crippen MR) is 91.5 cm³/mol. The first-order valence-electron chi connectivity index (χ1n) is 7.76. The topological polar surface area (TPSA) is 74.7 Å². The molecular formula is C15H18ClN7. The summed E-state index contributed by atoms with van der Waals surface area (Å²) in [6.07, 6.45) is 9.03. The summed E-state index contributed by atoms with van der Waals surface area (Å²) in [6.45, 7) is 2.00.